The molecule has 0 unspecified atom stereocenters. The number of unbranched alkanes of at least 4 members (excludes halogenated alkanes) is 1. The predicted octanol–water partition coefficient (Wildman–Crippen LogP) is 4.31. The summed E-state index contributed by atoms with van der Waals surface area (Å²) >= 11 is 0. The Labute approximate surface area is 186 Å². The summed E-state index contributed by atoms with van der Waals surface area (Å²) in [5, 5.41) is 19.4. The van der Waals surface area contributed by atoms with Crippen LogP contribution < -0.4 is 9.64 Å². The van der Waals surface area contributed by atoms with Gasteiger partial charge < -0.3 is 24.0 Å². The highest BCUT2D eigenvalue weighted by atomic mass is 16.5. The fourth-order valence-electron chi connectivity index (χ4n) is 3.74. The molecule has 0 fully saturated rings. The number of hydrogen-bond acceptors (Lipinski definition) is 6. The third-order valence-electron chi connectivity index (χ3n) is 5.56. The second-order valence-corrected chi connectivity index (χ2v) is 7.64. The number of aliphatic hydroxyl groups excluding tert-OH is 1. The van der Waals surface area contributed by atoms with Gasteiger partial charge in [0.15, 0.2) is 0 Å². The molecule has 0 saturated carbocycles. The molecule has 1 aromatic heterocycles. The summed E-state index contributed by atoms with van der Waals surface area (Å²) in [7, 11) is 3.45. The quantitative estimate of drug-likeness (QED) is 0.425. The lowest BCUT2D eigenvalue weighted by Gasteiger charge is -2.19. The molecule has 2 N–H and O–H groups in total. The van der Waals surface area contributed by atoms with Gasteiger partial charge in [-0.3, -0.25) is 5.41 Å². The molecule has 0 atom stereocenters. The first kappa shape index (κ1) is 21.4. The van der Waals surface area contributed by atoms with Crippen molar-refractivity contribution in [2.45, 2.75) is 19.8 Å². The molecule has 1 aliphatic heterocycles. The summed E-state index contributed by atoms with van der Waals surface area (Å²) in [5.74, 6) is 1.05. The van der Waals surface area contributed by atoms with Crippen LogP contribution in [0, 0.1) is 5.41 Å². The number of benzene rings is 2. The molecule has 0 spiro atoms. The summed E-state index contributed by atoms with van der Waals surface area (Å²) in [5.41, 5.74) is 3.13. The number of ether oxygens (including phenoxy) is 2. The van der Waals surface area contributed by atoms with Crippen molar-refractivity contribution in [2.24, 2.45) is 7.05 Å². The Kier molecular flexibility index (Phi) is 5.85. The molecular weight excluding hydrogens is 408 g/mol. The standard InChI is InChI=1S/C24H26N4O4/c1-4-5-12-32-24(30)15-6-8-16(9-7-15)28-14-20(29)21(22(28)25)23-26-18-13-17(31-3)10-11-19(18)27(23)2/h6-11,13,25,29H,4-5,12,14H2,1-3H3. The van der Waals surface area contributed by atoms with E-state index < -0.39 is 0 Å². The molecule has 8 heteroatoms. The first-order valence-electron chi connectivity index (χ1n) is 10.5. The van der Waals surface area contributed by atoms with Crippen molar-refractivity contribution in [3.63, 3.8) is 0 Å². The number of carbonyl (C=O) groups excluding carboxylic acids is 1. The van der Waals surface area contributed by atoms with Crippen LogP contribution in [0.5, 0.6) is 5.75 Å². The highest BCUT2D eigenvalue weighted by molar-refractivity contribution is 6.30. The Morgan fingerprint density at radius 1 is 1.22 bits per heavy atom. The van der Waals surface area contributed by atoms with Gasteiger partial charge in [-0.05, 0) is 42.8 Å². The lowest BCUT2D eigenvalue weighted by molar-refractivity contribution is 0.0500. The number of fused-ring (bicyclic) bond motifs is 1. The molecule has 2 heterocycles. The van der Waals surface area contributed by atoms with Crippen molar-refractivity contribution in [3.8, 4) is 5.75 Å². The molecule has 0 amide bonds. The van der Waals surface area contributed by atoms with Gasteiger partial charge in [0, 0.05) is 18.8 Å². The molecule has 0 radical (unpaired) electrons. The number of hydrogen-bond donors (Lipinski definition) is 2. The van der Waals surface area contributed by atoms with Crippen molar-refractivity contribution in [2.75, 3.05) is 25.2 Å². The number of nitrogens with one attached hydrogen (secondary N) is 1. The number of carbonyl (C=O) groups is 1. The van der Waals surface area contributed by atoms with Crippen LogP contribution in [0.4, 0.5) is 5.69 Å². The van der Waals surface area contributed by atoms with E-state index in [-0.39, 0.29) is 24.1 Å². The van der Waals surface area contributed by atoms with Gasteiger partial charge in [0.2, 0.25) is 0 Å². The Hall–Kier alpha value is -3.81. The molecule has 0 saturated heterocycles. The number of aromatic nitrogens is 2. The van der Waals surface area contributed by atoms with Gasteiger partial charge in [0.05, 0.1) is 42.4 Å². The van der Waals surface area contributed by atoms with E-state index in [9.17, 15) is 9.90 Å². The normalized spacial score (nSPS) is 13.8. The van der Waals surface area contributed by atoms with Crippen LogP contribution in [-0.2, 0) is 11.8 Å². The molecule has 3 aromatic rings. The minimum atomic E-state index is -0.363. The van der Waals surface area contributed by atoms with Crippen molar-refractivity contribution >= 4 is 34.1 Å². The Morgan fingerprint density at radius 2 is 1.97 bits per heavy atom. The average molecular weight is 434 g/mol. The zero-order valence-corrected chi connectivity index (χ0v) is 18.4. The molecule has 1 aliphatic rings. The van der Waals surface area contributed by atoms with Crippen LogP contribution in [0.2, 0.25) is 0 Å². The lowest BCUT2D eigenvalue weighted by Crippen LogP contribution is -2.26. The number of imidazole rings is 1. The van der Waals surface area contributed by atoms with E-state index in [4.69, 9.17) is 14.9 Å². The number of esters is 1. The van der Waals surface area contributed by atoms with Crippen LogP contribution in [0.1, 0.15) is 35.9 Å². The fourth-order valence-corrected chi connectivity index (χ4v) is 3.74. The van der Waals surface area contributed by atoms with Crippen molar-refractivity contribution in [3.05, 3.63) is 59.6 Å². The van der Waals surface area contributed by atoms with E-state index >= 15 is 0 Å². The van der Waals surface area contributed by atoms with Gasteiger partial charge in [-0.25, -0.2) is 9.78 Å². The van der Waals surface area contributed by atoms with Crippen molar-refractivity contribution < 1.29 is 19.4 Å². The summed E-state index contributed by atoms with van der Waals surface area (Å²) in [4.78, 5) is 18.4. The van der Waals surface area contributed by atoms with E-state index in [0.29, 0.717) is 35.0 Å². The number of nitrogens with zero attached hydrogens (tertiary/aromatic N) is 3. The maximum atomic E-state index is 12.1. The molecule has 0 aliphatic carbocycles. The van der Waals surface area contributed by atoms with Gasteiger partial charge in [-0.15, -0.1) is 0 Å². The maximum absolute atomic E-state index is 12.1. The topological polar surface area (TPSA) is 101 Å². The number of amidine groups is 1. The Balaban J connectivity index is 1.57. The highest BCUT2D eigenvalue weighted by Gasteiger charge is 2.32. The number of methoxy groups -OCH3 is 1. The third-order valence-corrected chi connectivity index (χ3v) is 5.56. The fraction of sp³-hybridized carbons (Fsp3) is 0.292. The molecule has 166 valence electrons. The number of aliphatic hydroxyl groups is 1. The van der Waals surface area contributed by atoms with Gasteiger partial charge in [-0.1, -0.05) is 13.3 Å². The molecule has 0 bridgehead atoms. The number of rotatable bonds is 7. The Morgan fingerprint density at radius 3 is 2.66 bits per heavy atom. The van der Waals surface area contributed by atoms with Gasteiger partial charge in [0.25, 0.3) is 0 Å². The second-order valence-electron chi connectivity index (χ2n) is 7.64. The van der Waals surface area contributed by atoms with Crippen molar-refractivity contribution in [1.82, 2.24) is 9.55 Å². The van der Waals surface area contributed by atoms with E-state index in [1.807, 2.05) is 36.7 Å². The molecule has 2 aromatic carbocycles. The zero-order chi connectivity index (χ0) is 22.8. The summed E-state index contributed by atoms with van der Waals surface area (Å²) in [6.07, 6.45) is 1.79. The predicted molar refractivity (Wildman–Crippen MR) is 124 cm³/mol. The smallest absolute Gasteiger partial charge is 0.338 e. The van der Waals surface area contributed by atoms with Crippen molar-refractivity contribution in [1.29, 1.82) is 5.41 Å². The summed E-state index contributed by atoms with van der Waals surface area (Å²) in [6, 6.07) is 12.4. The van der Waals surface area contributed by atoms with Crippen LogP contribution in [-0.4, -0.2) is 46.7 Å². The number of anilines is 1. The first-order chi connectivity index (χ1) is 15.4. The minimum absolute atomic E-state index is 0.0726. The SMILES string of the molecule is CCCCOC(=O)c1ccc(N2CC(O)=C(c3nc4cc(OC)ccc4n3C)C2=N)cc1. The van der Waals surface area contributed by atoms with Gasteiger partial charge in [0.1, 0.15) is 23.2 Å². The summed E-state index contributed by atoms with van der Waals surface area (Å²) < 4.78 is 12.4. The average Bonchev–Trinajstić information content (AvgIpc) is 3.28. The van der Waals surface area contributed by atoms with Crippen LogP contribution in [0.15, 0.2) is 48.2 Å². The van der Waals surface area contributed by atoms with Gasteiger partial charge in [-0.2, -0.15) is 0 Å². The van der Waals surface area contributed by atoms with Crippen LogP contribution >= 0.6 is 0 Å². The van der Waals surface area contributed by atoms with Gasteiger partial charge >= 0.3 is 5.97 Å². The van der Waals surface area contributed by atoms with E-state index in [2.05, 4.69) is 4.98 Å². The minimum Gasteiger partial charge on any atom is -0.509 e. The van der Waals surface area contributed by atoms with Crippen LogP contribution in [0.3, 0.4) is 0 Å². The van der Waals surface area contributed by atoms with Crippen LogP contribution in [0.25, 0.3) is 16.6 Å². The number of aryl methyl sites for hydroxylation is 1. The molecule has 32 heavy (non-hydrogen) atoms. The van der Waals surface area contributed by atoms with E-state index in [0.717, 1.165) is 23.9 Å². The lowest BCUT2D eigenvalue weighted by atomic mass is 10.2. The maximum Gasteiger partial charge on any atom is 0.338 e. The second kappa shape index (κ2) is 8.74. The largest absolute Gasteiger partial charge is 0.509 e. The Bertz CT molecular complexity index is 1210. The van der Waals surface area contributed by atoms with E-state index in [1.54, 1.807) is 36.3 Å². The molecular formula is C24H26N4O4. The zero-order valence-electron chi connectivity index (χ0n) is 18.4. The molecule has 8 nitrogen and oxygen atoms in total. The first-order valence-corrected chi connectivity index (χ1v) is 10.5. The monoisotopic (exact) mass is 434 g/mol. The molecule has 4 rings (SSSR count). The van der Waals surface area contributed by atoms with E-state index in [1.165, 1.54) is 0 Å². The summed E-state index contributed by atoms with van der Waals surface area (Å²) in [6.45, 7) is 2.59. The highest BCUT2D eigenvalue weighted by Crippen LogP contribution is 2.33. The third kappa shape index (κ3) is 3.79.